The van der Waals surface area contributed by atoms with Gasteiger partial charge in [0, 0.05) is 11.8 Å². The molecule has 0 aliphatic rings. The highest BCUT2D eigenvalue weighted by Gasteiger charge is 2.12. The van der Waals surface area contributed by atoms with E-state index in [1.54, 1.807) is 43.3 Å². The second-order valence-electron chi connectivity index (χ2n) is 5.43. The van der Waals surface area contributed by atoms with Crippen LogP contribution in [0.1, 0.15) is 17.3 Å². The summed E-state index contributed by atoms with van der Waals surface area (Å²) in [6.45, 7) is 2.03. The minimum Gasteiger partial charge on any atom is -0.462 e. The molecule has 0 fully saturated rings. The Balaban J connectivity index is 1.80. The van der Waals surface area contributed by atoms with Gasteiger partial charge < -0.3 is 15.4 Å². The van der Waals surface area contributed by atoms with Gasteiger partial charge in [0.05, 0.1) is 22.9 Å². The summed E-state index contributed by atoms with van der Waals surface area (Å²) in [7, 11) is 0. The zero-order valence-corrected chi connectivity index (χ0v) is 15.1. The Morgan fingerprint density at radius 3 is 2.59 bits per heavy atom. The molecule has 0 saturated carbocycles. The summed E-state index contributed by atoms with van der Waals surface area (Å²) in [5, 5.41) is 6.11. The number of halogens is 2. The fourth-order valence-corrected chi connectivity index (χ4v) is 2.51. The van der Waals surface area contributed by atoms with Crippen molar-refractivity contribution in [3.05, 3.63) is 71.3 Å². The number of ether oxygens (including phenoxy) is 1. The van der Waals surface area contributed by atoms with Crippen LogP contribution in [0.3, 0.4) is 0 Å². The molecule has 0 unspecified atom stereocenters. The summed E-state index contributed by atoms with van der Waals surface area (Å²) < 4.78 is 18.3. The minimum atomic E-state index is -0.497. The summed E-state index contributed by atoms with van der Waals surface area (Å²) >= 11 is 5.79. The number of esters is 1. The third-order valence-electron chi connectivity index (χ3n) is 3.54. The van der Waals surface area contributed by atoms with Crippen LogP contribution in [-0.4, -0.2) is 22.5 Å². The van der Waals surface area contributed by atoms with Crippen LogP contribution < -0.4 is 10.6 Å². The Bertz CT molecular complexity index is 968. The maximum Gasteiger partial charge on any atom is 0.340 e. The van der Waals surface area contributed by atoms with Crippen LogP contribution in [0.5, 0.6) is 0 Å². The maximum absolute atomic E-state index is 13.3. The summed E-state index contributed by atoms with van der Waals surface area (Å²) in [6, 6.07) is 12.9. The zero-order chi connectivity index (χ0) is 19.2. The van der Waals surface area contributed by atoms with Crippen molar-refractivity contribution in [2.45, 2.75) is 6.92 Å². The molecule has 0 aliphatic carbocycles. The highest BCUT2D eigenvalue weighted by molar-refractivity contribution is 6.31. The van der Waals surface area contributed by atoms with Gasteiger partial charge in [0.15, 0.2) is 0 Å². The smallest absolute Gasteiger partial charge is 0.340 e. The van der Waals surface area contributed by atoms with Crippen LogP contribution in [-0.2, 0) is 4.74 Å². The first-order valence-electron chi connectivity index (χ1n) is 8.14. The van der Waals surface area contributed by atoms with Crippen molar-refractivity contribution in [3.8, 4) is 0 Å². The molecule has 0 bridgehead atoms. The van der Waals surface area contributed by atoms with Crippen molar-refractivity contribution >= 4 is 40.6 Å². The standard InChI is InChI=1S/C19H16ClFN4O2/c1-2-27-19(26)13-5-3-4-6-16(13)25-18-10-17(22-11-23-18)24-12-7-8-15(21)14(20)9-12/h3-11H,2H2,1H3,(H2,22,23,24,25). The van der Waals surface area contributed by atoms with Gasteiger partial charge in [0.1, 0.15) is 23.8 Å². The first-order chi connectivity index (χ1) is 13.1. The van der Waals surface area contributed by atoms with Gasteiger partial charge in [-0.3, -0.25) is 0 Å². The van der Waals surface area contributed by atoms with Crippen molar-refractivity contribution in [1.82, 2.24) is 9.97 Å². The van der Waals surface area contributed by atoms with E-state index < -0.39 is 11.8 Å². The number of aromatic nitrogens is 2. The Kier molecular flexibility index (Phi) is 5.83. The van der Waals surface area contributed by atoms with E-state index in [9.17, 15) is 9.18 Å². The lowest BCUT2D eigenvalue weighted by molar-refractivity contribution is 0.0527. The monoisotopic (exact) mass is 386 g/mol. The first-order valence-corrected chi connectivity index (χ1v) is 8.52. The van der Waals surface area contributed by atoms with Crippen LogP contribution in [0, 0.1) is 5.82 Å². The molecule has 0 spiro atoms. The number of hydrogen-bond acceptors (Lipinski definition) is 6. The molecule has 0 amide bonds. The van der Waals surface area contributed by atoms with E-state index in [2.05, 4.69) is 20.6 Å². The first kappa shape index (κ1) is 18.6. The van der Waals surface area contributed by atoms with Gasteiger partial charge in [0.2, 0.25) is 0 Å². The van der Waals surface area contributed by atoms with Crippen LogP contribution >= 0.6 is 11.6 Å². The number of hydrogen-bond donors (Lipinski definition) is 2. The molecule has 2 N–H and O–H groups in total. The predicted octanol–water partition coefficient (Wildman–Crippen LogP) is 4.93. The van der Waals surface area contributed by atoms with E-state index in [1.165, 1.54) is 18.5 Å². The van der Waals surface area contributed by atoms with E-state index in [0.29, 0.717) is 28.6 Å². The van der Waals surface area contributed by atoms with Gasteiger partial charge in [-0.2, -0.15) is 0 Å². The van der Waals surface area contributed by atoms with Gasteiger partial charge in [-0.05, 0) is 37.3 Å². The van der Waals surface area contributed by atoms with E-state index in [0.717, 1.165) is 0 Å². The molecular formula is C19H16ClFN4O2. The molecule has 8 heteroatoms. The second-order valence-corrected chi connectivity index (χ2v) is 5.84. The van der Waals surface area contributed by atoms with Crippen LogP contribution in [0.15, 0.2) is 54.9 Å². The van der Waals surface area contributed by atoms with Crippen molar-refractivity contribution in [2.24, 2.45) is 0 Å². The fourth-order valence-electron chi connectivity index (χ4n) is 2.33. The highest BCUT2D eigenvalue weighted by atomic mass is 35.5. The maximum atomic E-state index is 13.3. The Morgan fingerprint density at radius 2 is 1.85 bits per heavy atom. The Hall–Kier alpha value is -3.19. The van der Waals surface area contributed by atoms with Crippen molar-refractivity contribution in [3.63, 3.8) is 0 Å². The molecule has 0 atom stereocenters. The molecule has 0 aliphatic heterocycles. The minimum absolute atomic E-state index is 0.00997. The van der Waals surface area contributed by atoms with Gasteiger partial charge in [0.25, 0.3) is 0 Å². The third-order valence-corrected chi connectivity index (χ3v) is 3.83. The molecule has 0 radical (unpaired) electrons. The number of nitrogens with one attached hydrogen (secondary N) is 2. The van der Waals surface area contributed by atoms with Gasteiger partial charge in [-0.15, -0.1) is 0 Å². The van der Waals surface area contributed by atoms with Gasteiger partial charge in [-0.1, -0.05) is 23.7 Å². The third kappa shape index (κ3) is 4.71. The quantitative estimate of drug-likeness (QED) is 0.585. The lowest BCUT2D eigenvalue weighted by Gasteiger charge is -2.12. The molecule has 3 rings (SSSR count). The zero-order valence-electron chi connectivity index (χ0n) is 14.4. The molecule has 27 heavy (non-hydrogen) atoms. The molecule has 138 valence electrons. The molecule has 6 nitrogen and oxygen atoms in total. The summed E-state index contributed by atoms with van der Waals surface area (Å²) in [6.07, 6.45) is 1.36. The van der Waals surface area contributed by atoms with E-state index >= 15 is 0 Å². The summed E-state index contributed by atoms with van der Waals surface area (Å²) in [4.78, 5) is 20.4. The molecule has 1 heterocycles. The predicted molar refractivity (Wildman–Crippen MR) is 102 cm³/mol. The highest BCUT2D eigenvalue weighted by Crippen LogP contribution is 2.24. The Labute approximate surface area is 160 Å². The Morgan fingerprint density at radius 1 is 1.11 bits per heavy atom. The van der Waals surface area contributed by atoms with Crippen molar-refractivity contribution in [2.75, 3.05) is 17.2 Å². The van der Waals surface area contributed by atoms with E-state index in [-0.39, 0.29) is 11.6 Å². The molecule has 0 saturated heterocycles. The average Bonchev–Trinajstić information content (AvgIpc) is 2.66. The van der Waals surface area contributed by atoms with Gasteiger partial charge >= 0.3 is 5.97 Å². The number of benzene rings is 2. The number of nitrogens with zero attached hydrogens (tertiary/aromatic N) is 2. The molecule has 1 aromatic heterocycles. The number of para-hydroxylation sites is 1. The number of rotatable bonds is 6. The molecular weight excluding hydrogens is 371 g/mol. The lowest BCUT2D eigenvalue weighted by atomic mass is 10.2. The summed E-state index contributed by atoms with van der Waals surface area (Å²) in [5.41, 5.74) is 1.54. The average molecular weight is 387 g/mol. The van der Waals surface area contributed by atoms with Crippen molar-refractivity contribution < 1.29 is 13.9 Å². The number of carbonyl (C=O) groups is 1. The number of anilines is 4. The topological polar surface area (TPSA) is 76.1 Å². The van der Waals surface area contributed by atoms with E-state index in [4.69, 9.17) is 16.3 Å². The van der Waals surface area contributed by atoms with Crippen LogP contribution in [0.25, 0.3) is 0 Å². The SMILES string of the molecule is CCOC(=O)c1ccccc1Nc1cc(Nc2ccc(F)c(Cl)c2)ncn1. The molecule has 2 aromatic carbocycles. The normalized spacial score (nSPS) is 10.3. The summed E-state index contributed by atoms with van der Waals surface area (Å²) in [5.74, 6) is 0.0260. The molecule has 3 aromatic rings. The fraction of sp³-hybridized carbons (Fsp3) is 0.105. The second kappa shape index (κ2) is 8.46. The van der Waals surface area contributed by atoms with Gasteiger partial charge in [-0.25, -0.2) is 19.2 Å². The number of carbonyl (C=O) groups excluding carboxylic acids is 1. The largest absolute Gasteiger partial charge is 0.462 e. The lowest BCUT2D eigenvalue weighted by Crippen LogP contribution is -2.08. The van der Waals surface area contributed by atoms with E-state index in [1.807, 2.05) is 0 Å². The van der Waals surface area contributed by atoms with Crippen molar-refractivity contribution in [1.29, 1.82) is 0 Å². The van der Waals surface area contributed by atoms with Crippen LogP contribution in [0.4, 0.5) is 27.4 Å². The van der Waals surface area contributed by atoms with Crippen LogP contribution in [0.2, 0.25) is 5.02 Å².